The second-order valence-electron chi connectivity index (χ2n) is 9.34. The summed E-state index contributed by atoms with van der Waals surface area (Å²) in [5, 5.41) is 0. The molecule has 0 aliphatic carbocycles. The number of hydrogen-bond acceptors (Lipinski definition) is 5. The van der Waals surface area contributed by atoms with Crippen molar-refractivity contribution < 1.29 is 43.2 Å². The zero-order chi connectivity index (χ0) is 29.3. The molecule has 0 saturated carbocycles. The van der Waals surface area contributed by atoms with Crippen LogP contribution in [0, 0.1) is 0 Å². The normalized spacial score (nSPS) is 16.2. The monoisotopic (exact) mass is 606 g/mol. The first-order valence-corrected chi connectivity index (χ1v) is 15.0. The van der Waals surface area contributed by atoms with Crippen molar-refractivity contribution in [1.29, 1.82) is 0 Å². The van der Waals surface area contributed by atoms with E-state index < -0.39 is 59.2 Å². The number of alkyl halides is 6. The van der Waals surface area contributed by atoms with Crippen LogP contribution in [-0.4, -0.2) is 40.9 Å². The molecule has 1 heterocycles. The molecule has 0 atom stereocenters. The Labute approximate surface area is 227 Å². The number of sulfone groups is 1. The van der Waals surface area contributed by atoms with E-state index in [-0.39, 0.29) is 17.7 Å². The van der Waals surface area contributed by atoms with Gasteiger partial charge >= 0.3 is 12.4 Å². The second kappa shape index (κ2) is 11.1. The van der Waals surface area contributed by atoms with Crippen molar-refractivity contribution in [2.45, 2.75) is 52.5 Å². The van der Waals surface area contributed by atoms with Crippen LogP contribution in [0.1, 0.15) is 29.5 Å². The van der Waals surface area contributed by atoms with Crippen molar-refractivity contribution in [3.63, 3.8) is 0 Å². The van der Waals surface area contributed by atoms with E-state index in [0.717, 1.165) is 18.2 Å². The molecule has 14 heteroatoms. The van der Waals surface area contributed by atoms with E-state index in [4.69, 9.17) is 0 Å². The Hall–Kier alpha value is -2.94. The van der Waals surface area contributed by atoms with E-state index in [0.29, 0.717) is 37.3 Å². The molecular weight excluding hydrogens is 582 g/mol. The van der Waals surface area contributed by atoms with Gasteiger partial charge in [-0.2, -0.15) is 26.3 Å². The molecule has 1 aliphatic heterocycles. The van der Waals surface area contributed by atoms with Gasteiger partial charge < -0.3 is 0 Å². The van der Waals surface area contributed by atoms with E-state index in [1.54, 1.807) is 6.07 Å². The van der Waals surface area contributed by atoms with Crippen LogP contribution < -0.4 is 4.72 Å². The van der Waals surface area contributed by atoms with Gasteiger partial charge in [-0.05, 0) is 60.9 Å². The Morgan fingerprint density at radius 3 is 1.90 bits per heavy atom. The van der Waals surface area contributed by atoms with Crippen molar-refractivity contribution in [2.24, 2.45) is 0 Å². The first kappa shape index (κ1) is 30.0. The number of rotatable bonds is 7. The SMILES string of the molecule is O=S(=O)(NC1CCN(Cc2ccc(C(F)(F)F)cc2)CC1)c1cc(S(=O)(=O)c2ccccc2)ccc1C(F)(F)F. The molecule has 40 heavy (non-hydrogen) atoms. The molecule has 0 radical (unpaired) electrons. The van der Waals surface area contributed by atoms with Gasteiger partial charge in [0.15, 0.2) is 0 Å². The molecule has 1 saturated heterocycles. The highest BCUT2D eigenvalue weighted by Crippen LogP contribution is 2.37. The third-order valence-electron chi connectivity index (χ3n) is 6.51. The van der Waals surface area contributed by atoms with Crippen LogP contribution in [0.3, 0.4) is 0 Å². The van der Waals surface area contributed by atoms with E-state index in [1.165, 1.54) is 36.4 Å². The number of halogens is 6. The summed E-state index contributed by atoms with van der Waals surface area (Å²) in [6.45, 7) is 0.987. The lowest BCUT2D eigenvalue weighted by Gasteiger charge is -2.32. The fourth-order valence-corrected chi connectivity index (χ4v) is 7.35. The molecule has 4 rings (SSSR count). The van der Waals surface area contributed by atoms with Gasteiger partial charge in [0.05, 0.1) is 25.8 Å². The molecule has 0 amide bonds. The number of piperidine rings is 1. The Balaban J connectivity index is 1.50. The van der Waals surface area contributed by atoms with Gasteiger partial charge in [-0.25, -0.2) is 21.6 Å². The number of benzene rings is 3. The number of hydrogen-bond donors (Lipinski definition) is 1. The first-order valence-electron chi connectivity index (χ1n) is 12.0. The minimum Gasteiger partial charge on any atom is -0.299 e. The summed E-state index contributed by atoms with van der Waals surface area (Å²) < 4.78 is 134. The van der Waals surface area contributed by atoms with Gasteiger partial charge in [-0.1, -0.05) is 30.3 Å². The minimum atomic E-state index is -5.07. The molecule has 0 spiro atoms. The summed E-state index contributed by atoms with van der Waals surface area (Å²) in [7, 11) is -9.09. The van der Waals surface area contributed by atoms with Crippen LogP contribution in [0.5, 0.6) is 0 Å². The number of sulfonamides is 1. The highest BCUT2D eigenvalue weighted by Gasteiger charge is 2.39. The predicted molar refractivity (Wildman–Crippen MR) is 133 cm³/mol. The molecule has 1 fully saturated rings. The molecule has 1 aliphatic rings. The average Bonchev–Trinajstić information content (AvgIpc) is 2.89. The molecule has 0 aromatic heterocycles. The molecule has 0 bridgehead atoms. The summed E-state index contributed by atoms with van der Waals surface area (Å²) in [6.07, 6.45) is -9.07. The average molecular weight is 607 g/mol. The third-order valence-corrected chi connectivity index (χ3v) is 9.84. The summed E-state index contributed by atoms with van der Waals surface area (Å²) >= 11 is 0. The predicted octanol–water partition coefficient (Wildman–Crippen LogP) is 5.50. The lowest BCUT2D eigenvalue weighted by Crippen LogP contribution is -2.44. The Morgan fingerprint density at radius 2 is 1.35 bits per heavy atom. The minimum absolute atomic E-state index is 0.202. The number of nitrogens with one attached hydrogen (secondary N) is 1. The summed E-state index contributed by atoms with van der Waals surface area (Å²) in [4.78, 5) is -0.101. The fraction of sp³-hybridized carbons (Fsp3) is 0.308. The van der Waals surface area contributed by atoms with Crippen LogP contribution >= 0.6 is 0 Å². The van der Waals surface area contributed by atoms with Crippen molar-refractivity contribution in [3.05, 3.63) is 89.5 Å². The lowest BCUT2D eigenvalue weighted by atomic mass is 10.0. The Kier molecular flexibility index (Phi) is 8.37. The van der Waals surface area contributed by atoms with Gasteiger partial charge in [0.25, 0.3) is 0 Å². The fourth-order valence-electron chi connectivity index (χ4n) is 4.41. The van der Waals surface area contributed by atoms with Crippen molar-refractivity contribution >= 4 is 19.9 Å². The highest BCUT2D eigenvalue weighted by molar-refractivity contribution is 7.91. The maximum absolute atomic E-state index is 13.7. The second-order valence-corrected chi connectivity index (χ2v) is 13.0. The maximum atomic E-state index is 13.7. The van der Waals surface area contributed by atoms with E-state index in [2.05, 4.69) is 4.72 Å². The van der Waals surface area contributed by atoms with Gasteiger partial charge in [-0.15, -0.1) is 0 Å². The number of likely N-dealkylation sites (tertiary alicyclic amines) is 1. The van der Waals surface area contributed by atoms with Crippen molar-refractivity contribution in [2.75, 3.05) is 13.1 Å². The molecule has 3 aromatic carbocycles. The largest absolute Gasteiger partial charge is 0.417 e. The van der Waals surface area contributed by atoms with Crippen LogP contribution in [0.15, 0.2) is 87.5 Å². The molecule has 0 unspecified atom stereocenters. The van der Waals surface area contributed by atoms with E-state index in [1.807, 2.05) is 4.90 Å². The van der Waals surface area contributed by atoms with Crippen LogP contribution in [0.25, 0.3) is 0 Å². The smallest absolute Gasteiger partial charge is 0.299 e. The summed E-state index contributed by atoms with van der Waals surface area (Å²) in [5.41, 5.74) is -1.65. The third kappa shape index (κ3) is 6.85. The van der Waals surface area contributed by atoms with Gasteiger partial charge in [0.1, 0.15) is 0 Å². The van der Waals surface area contributed by atoms with Crippen molar-refractivity contribution in [1.82, 2.24) is 9.62 Å². The molecule has 216 valence electrons. The topological polar surface area (TPSA) is 83.6 Å². The zero-order valence-electron chi connectivity index (χ0n) is 20.7. The molecule has 6 nitrogen and oxygen atoms in total. The van der Waals surface area contributed by atoms with Gasteiger partial charge in [0.2, 0.25) is 19.9 Å². The number of nitrogens with zero attached hydrogens (tertiary/aromatic N) is 1. The van der Waals surface area contributed by atoms with Gasteiger partial charge in [0, 0.05) is 25.7 Å². The summed E-state index contributed by atoms with van der Waals surface area (Å²) in [5.74, 6) is 0. The first-order chi connectivity index (χ1) is 18.6. The molecule has 1 N–H and O–H groups in total. The van der Waals surface area contributed by atoms with Crippen LogP contribution in [-0.2, 0) is 38.8 Å². The molecular formula is C26H24F6N2O4S2. The maximum Gasteiger partial charge on any atom is 0.417 e. The van der Waals surface area contributed by atoms with Crippen LogP contribution in [0.4, 0.5) is 26.3 Å². The van der Waals surface area contributed by atoms with Crippen LogP contribution in [0.2, 0.25) is 0 Å². The van der Waals surface area contributed by atoms with E-state index >= 15 is 0 Å². The van der Waals surface area contributed by atoms with E-state index in [9.17, 15) is 43.2 Å². The quantitative estimate of drug-likeness (QED) is 0.360. The van der Waals surface area contributed by atoms with Crippen molar-refractivity contribution in [3.8, 4) is 0 Å². The zero-order valence-corrected chi connectivity index (χ0v) is 22.3. The lowest BCUT2D eigenvalue weighted by molar-refractivity contribution is -0.140. The summed E-state index contributed by atoms with van der Waals surface area (Å²) in [6, 6.07) is 12.5. The standard InChI is InChI=1S/C26H24F6N2O4S2/c27-25(28,29)19-8-6-18(7-9-19)17-34-14-12-20(13-15-34)33-40(37,38)24-16-22(10-11-23(24)26(30,31)32)39(35,36)21-4-2-1-3-5-21/h1-11,16,20,33H,12-15,17H2. The highest BCUT2D eigenvalue weighted by atomic mass is 32.2. The Morgan fingerprint density at radius 1 is 0.750 bits per heavy atom. The molecule has 3 aromatic rings. The van der Waals surface area contributed by atoms with Gasteiger partial charge in [-0.3, -0.25) is 4.90 Å². The Bertz CT molecular complexity index is 1550.